The van der Waals surface area contributed by atoms with Gasteiger partial charge in [0, 0.05) is 18.5 Å². The number of rotatable bonds is 5. The fourth-order valence-electron chi connectivity index (χ4n) is 2.13. The smallest absolute Gasteiger partial charge is 0.317 e. The molecule has 2 N–H and O–H groups in total. The number of hydrogen-bond donors (Lipinski definition) is 2. The first-order chi connectivity index (χ1) is 10.8. The molecule has 23 heavy (non-hydrogen) atoms. The molecule has 2 aromatic rings. The lowest BCUT2D eigenvalue weighted by molar-refractivity contribution is 0.201. The fraction of sp³-hybridized carbons (Fsp3) is 0.600. The number of aromatic amines is 1. The van der Waals surface area contributed by atoms with Gasteiger partial charge in [-0.15, -0.1) is 0 Å². The highest BCUT2D eigenvalue weighted by molar-refractivity contribution is 5.74. The van der Waals surface area contributed by atoms with Crippen LogP contribution in [0.2, 0.25) is 0 Å². The van der Waals surface area contributed by atoms with Crippen molar-refractivity contribution in [3.05, 3.63) is 30.1 Å². The zero-order valence-corrected chi connectivity index (χ0v) is 14.4. The summed E-state index contributed by atoms with van der Waals surface area (Å²) >= 11 is 0. The molecule has 2 amide bonds. The van der Waals surface area contributed by atoms with Gasteiger partial charge in [-0.3, -0.25) is 9.78 Å². The average molecular weight is 319 g/mol. The Morgan fingerprint density at radius 3 is 2.78 bits per heavy atom. The van der Waals surface area contributed by atoms with Crippen molar-refractivity contribution in [1.29, 1.82) is 0 Å². The Kier molecular flexibility index (Phi) is 5.02. The normalized spacial score (nSPS) is 12.9. The molecule has 0 aliphatic heterocycles. The van der Waals surface area contributed by atoms with Crippen LogP contribution in [0, 0.1) is 0 Å². The molecule has 8 nitrogen and oxygen atoms in total. The van der Waals surface area contributed by atoms with Gasteiger partial charge in [0.2, 0.25) is 0 Å². The monoisotopic (exact) mass is 319 g/mol. The predicted octanol–water partition coefficient (Wildman–Crippen LogP) is 1.53. The van der Waals surface area contributed by atoms with Crippen molar-refractivity contribution in [2.24, 2.45) is 0 Å². The van der Waals surface area contributed by atoms with Crippen molar-refractivity contribution in [2.75, 3.05) is 7.05 Å². The first-order valence-electron chi connectivity index (χ1n) is 7.64. The molecule has 2 aromatic heterocycles. The van der Waals surface area contributed by atoms with Crippen LogP contribution in [0.3, 0.4) is 0 Å². The summed E-state index contributed by atoms with van der Waals surface area (Å²) in [6.45, 7) is 9.31. The van der Waals surface area contributed by atoms with E-state index in [0.717, 1.165) is 11.4 Å². The van der Waals surface area contributed by atoms with Gasteiger partial charge in [-0.05, 0) is 13.0 Å². The Morgan fingerprint density at radius 1 is 1.48 bits per heavy atom. The first kappa shape index (κ1) is 17.0. The van der Waals surface area contributed by atoms with E-state index in [1.165, 1.54) is 6.33 Å². The van der Waals surface area contributed by atoms with E-state index in [2.05, 4.69) is 46.4 Å². The Labute approximate surface area is 136 Å². The number of nitrogens with zero attached hydrogens (tertiary/aromatic N) is 5. The molecule has 0 bridgehead atoms. The van der Waals surface area contributed by atoms with Crippen molar-refractivity contribution < 1.29 is 4.79 Å². The van der Waals surface area contributed by atoms with Crippen LogP contribution in [0.4, 0.5) is 4.79 Å². The van der Waals surface area contributed by atoms with E-state index < -0.39 is 0 Å². The average Bonchev–Trinajstić information content (AvgIpc) is 3.09. The minimum absolute atomic E-state index is 0.0120. The molecule has 0 saturated heterocycles. The molecule has 0 spiro atoms. The minimum Gasteiger partial charge on any atom is -0.334 e. The maximum atomic E-state index is 12.2. The van der Waals surface area contributed by atoms with Gasteiger partial charge >= 0.3 is 6.03 Å². The second-order valence-corrected chi connectivity index (χ2v) is 6.85. The molecule has 8 heteroatoms. The summed E-state index contributed by atoms with van der Waals surface area (Å²) in [7, 11) is 1.76. The number of urea groups is 1. The number of amides is 2. The van der Waals surface area contributed by atoms with Crippen LogP contribution >= 0.6 is 0 Å². The number of carbonyl (C=O) groups excluding carboxylic acids is 1. The predicted molar refractivity (Wildman–Crippen MR) is 86.8 cm³/mol. The first-order valence-corrected chi connectivity index (χ1v) is 7.64. The van der Waals surface area contributed by atoms with E-state index in [1.54, 1.807) is 23.0 Å². The molecular formula is C15H25N7O. The Morgan fingerprint density at radius 2 is 2.22 bits per heavy atom. The molecule has 126 valence electrons. The van der Waals surface area contributed by atoms with E-state index in [9.17, 15) is 4.79 Å². The summed E-state index contributed by atoms with van der Waals surface area (Å²) in [6.07, 6.45) is 3.11. The lowest BCUT2D eigenvalue weighted by Gasteiger charge is -2.20. The van der Waals surface area contributed by atoms with Gasteiger partial charge in [0.05, 0.1) is 24.5 Å². The van der Waals surface area contributed by atoms with Crippen molar-refractivity contribution in [2.45, 2.75) is 52.2 Å². The van der Waals surface area contributed by atoms with Crippen LogP contribution < -0.4 is 5.32 Å². The number of hydrogen-bond acceptors (Lipinski definition) is 4. The van der Waals surface area contributed by atoms with Gasteiger partial charge in [0.25, 0.3) is 0 Å². The van der Waals surface area contributed by atoms with Crippen molar-refractivity contribution in [1.82, 2.24) is 35.2 Å². The highest BCUT2D eigenvalue weighted by Crippen LogP contribution is 2.20. The third-order valence-corrected chi connectivity index (χ3v) is 3.45. The molecule has 1 atom stereocenters. The number of nitrogens with one attached hydrogen (secondary N) is 2. The molecule has 0 aliphatic rings. The summed E-state index contributed by atoms with van der Waals surface area (Å²) < 4.78 is 1.69. The Balaban J connectivity index is 1.86. The molecular weight excluding hydrogens is 294 g/mol. The van der Waals surface area contributed by atoms with Crippen molar-refractivity contribution >= 4 is 6.03 Å². The Bertz CT molecular complexity index is 627. The Hall–Kier alpha value is -2.38. The second-order valence-electron chi connectivity index (χ2n) is 6.85. The summed E-state index contributed by atoms with van der Waals surface area (Å²) in [4.78, 5) is 17.7. The number of H-pyrrole nitrogens is 1. The quantitative estimate of drug-likeness (QED) is 0.874. The van der Waals surface area contributed by atoms with Crippen LogP contribution in [0.25, 0.3) is 0 Å². The lowest BCUT2D eigenvalue weighted by atomic mass is 9.92. The van der Waals surface area contributed by atoms with Crippen molar-refractivity contribution in [3.63, 3.8) is 0 Å². The topological polar surface area (TPSA) is 91.7 Å². The van der Waals surface area contributed by atoms with Gasteiger partial charge < -0.3 is 10.2 Å². The van der Waals surface area contributed by atoms with Crippen LogP contribution in [0.15, 0.2) is 18.7 Å². The van der Waals surface area contributed by atoms with Crippen LogP contribution in [-0.4, -0.2) is 49.0 Å². The molecule has 2 heterocycles. The van der Waals surface area contributed by atoms with Crippen LogP contribution in [0.1, 0.15) is 39.1 Å². The number of aromatic nitrogens is 5. The molecule has 0 aliphatic carbocycles. The molecule has 0 fully saturated rings. The zero-order valence-electron chi connectivity index (χ0n) is 14.4. The summed E-state index contributed by atoms with van der Waals surface area (Å²) in [5, 5.41) is 14.3. The van der Waals surface area contributed by atoms with E-state index in [1.807, 2.05) is 13.0 Å². The molecule has 2 rings (SSSR count). The van der Waals surface area contributed by atoms with Gasteiger partial charge in [-0.25, -0.2) is 9.78 Å². The van der Waals surface area contributed by atoms with Gasteiger partial charge in [0.15, 0.2) is 0 Å². The standard InChI is InChI=1S/C15H25N7O/c1-11(7-22-10-16-9-17-22)18-14(23)21(5)8-12-6-13(20-19-12)15(2,3)4/h6,9-11H,7-8H2,1-5H3,(H,18,23)(H,19,20). The van der Waals surface area contributed by atoms with Crippen LogP contribution in [-0.2, 0) is 18.5 Å². The summed E-state index contributed by atoms with van der Waals surface area (Å²) in [5.74, 6) is 0. The summed E-state index contributed by atoms with van der Waals surface area (Å²) in [5.41, 5.74) is 1.89. The minimum atomic E-state index is -0.135. The maximum absolute atomic E-state index is 12.2. The number of carbonyl (C=O) groups is 1. The zero-order chi connectivity index (χ0) is 17.0. The molecule has 0 radical (unpaired) electrons. The van der Waals surface area contributed by atoms with E-state index in [-0.39, 0.29) is 17.5 Å². The summed E-state index contributed by atoms with van der Waals surface area (Å²) in [6, 6.07) is 1.82. The molecule has 0 saturated carbocycles. The second kappa shape index (κ2) is 6.80. The van der Waals surface area contributed by atoms with E-state index >= 15 is 0 Å². The van der Waals surface area contributed by atoms with Crippen LogP contribution in [0.5, 0.6) is 0 Å². The van der Waals surface area contributed by atoms with Gasteiger partial charge in [0.1, 0.15) is 12.7 Å². The fourth-order valence-corrected chi connectivity index (χ4v) is 2.13. The van der Waals surface area contributed by atoms with Gasteiger partial charge in [-0.2, -0.15) is 10.2 Å². The highest BCUT2D eigenvalue weighted by Gasteiger charge is 2.19. The maximum Gasteiger partial charge on any atom is 0.317 e. The third kappa shape index (κ3) is 4.80. The van der Waals surface area contributed by atoms with Crippen molar-refractivity contribution in [3.8, 4) is 0 Å². The van der Waals surface area contributed by atoms with E-state index in [0.29, 0.717) is 13.1 Å². The molecule has 1 unspecified atom stereocenters. The lowest BCUT2D eigenvalue weighted by Crippen LogP contribution is -2.43. The largest absolute Gasteiger partial charge is 0.334 e. The molecule has 0 aromatic carbocycles. The van der Waals surface area contributed by atoms with E-state index in [4.69, 9.17) is 0 Å². The highest BCUT2D eigenvalue weighted by atomic mass is 16.2. The third-order valence-electron chi connectivity index (χ3n) is 3.45. The van der Waals surface area contributed by atoms with Gasteiger partial charge in [-0.1, -0.05) is 20.8 Å². The SMILES string of the molecule is CC(Cn1cncn1)NC(=O)N(C)Cc1cc(C(C)(C)C)n[nH]1.